The molecule has 5 heteroatoms. The fourth-order valence-electron chi connectivity index (χ4n) is 1.84. The lowest BCUT2D eigenvalue weighted by atomic mass is 10.2. The molecule has 0 aliphatic carbocycles. The summed E-state index contributed by atoms with van der Waals surface area (Å²) in [5.41, 5.74) is 7.27. The van der Waals surface area contributed by atoms with Gasteiger partial charge in [0.15, 0.2) is 11.6 Å². The van der Waals surface area contributed by atoms with Gasteiger partial charge in [0.05, 0.1) is 0 Å². The van der Waals surface area contributed by atoms with Crippen molar-refractivity contribution >= 4 is 5.95 Å². The van der Waals surface area contributed by atoms with E-state index in [0.717, 1.165) is 5.56 Å². The van der Waals surface area contributed by atoms with E-state index in [2.05, 4.69) is 15.0 Å². The molecule has 0 radical (unpaired) electrons. The van der Waals surface area contributed by atoms with E-state index < -0.39 is 0 Å². The van der Waals surface area contributed by atoms with E-state index in [4.69, 9.17) is 5.73 Å². The highest BCUT2D eigenvalue weighted by molar-refractivity contribution is 5.62. The predicted molar refractivity (Wildman–Crippen MR) is 75.1 cm³/mol. The number of rotatable bonds is 2. The third kappa shape index (κ3) is 2.47. The average molecular weight is 266 g/mol. The smallest absolute Gasteiger partial charge is 0.224 e. The molecule has 4 nitrogen and oxygen atoms in total. The number of nitrogens with zero attached hydrogens (tertiary/aromatic N) is 3. The lowest BCUT2D eigenvalue weighted by Gasteiger charge is -2.05. The van der Waals surface area contributed by atoms with Gasteiger partial charge in [0.2, 0.25) is 5.95 Å². The minimum absolute atomic E-state index is 0.137. The molecule has 0 fully saturated rings. The van der Waals surface area contributed by atoms with Crippen molar-refractivity contribution in [3.8, 4) is 22.8 Å². The van der Waals surface area contributed by atoms with Gasteiger partial charge in [-0.3, -0.25) is 0 Å². The molecule has 0 spiro atoms. The summed E-state index contributed by atoms with van der Waals surface area (Å²) in [5, 5.41) is 0. The number of nitrogens with two attached hydrogens (primary N) is 1. The molecule has 0 saturated carbocycles. The first kappa shape index (κ1) is 12.2. The molecule has 3 aromatic rings. The van der Waals surface area contributed by atoms with E-state index in [-0.39, 0.29) is 11.8 Å². The fourth-order valence-corrected chi connectivity index (χ4v) is 1.84. The minimum atomic E-state index is -0.306. The Balaban J connectivity index is 2.09. The lowest BCUT2D eigenvalue weighted by molar-refractivity contribution is 0.628. The van der Waals surface area contributed by atoms with Gasteiger partial charge in [-0.1, -0.05) is 30.3 Å². The molecule has 0 amide bonds. The number of hydrogen-bond acceptors (Lipinski definition) is 4. The second-order valence-electron chi connectivity index (χ2n) is 4.21. The quantitative estimate of drug-likeness (QED) is 0.774. The summed E-state index contributed by atoms with van der Waals surface area (Å²) < 4.78 is 12.9. The van der Waals surface area contributed by atoms with E-state index in [1.165, 1.54) is 12.1 Å². The van der Waals surface area contributed by atoms with Crippen LogP contribution in [-0.4, -0.2) is 15.0 Å². The van der Waals surface area contributed by atoms with Crippen molar-refractivity contribution in [1.82, 2.24) is 15.0 Å². The van der Waals surface area contributed by atoms with Crippen LogP contribution in [0.4, 0.5) is 10.3 Å². The van der Waals surface area contributed by atoms with Gasteiger partial charge in [0, 0.05) is 11.1 Å². The minimum Gasteiger partial charge on any atom is -0.368 e. The molecule has 98 valence electrons. The van der Waals surface area contributed by atoms with Crippen molar-refractivity contribution in [2.45, 2.75) is 0 Å². The summed E-state index contributed by atoms with van der Waals surface area (Å²) in [7, 11) is 0. The first-order chi connectivity index (χ1) is 9.72. The summed E-state index contributed by atoms with van der Waals surface area (Å²) in [4.78, 5) is 12.6. The Kier molecular flexibility index (Phi) is 3.09. The van der Waals surface area contributed by atoms with Crippen LogP contribution in [0.2, 0.25) is 0 Å². The molecule has 0 bridgehead atoms. The van der Waals surface area contributed by atoms with Gasteiger partial charge in [-0.05, 0) is 24.3 Å². The predicted octanol–water partition coefficient (Wildman–Crippen LogP) is 2.93. The van der Waals surface area contributed by atoms with Crippen LogP contribution in [0.3, 0.4) is 0 Å². The van der Waals surface area contributed by atoms with Crippen molar-refractivity contribution in [3.63, 3.8) is 0 Å². The summed E-state index contributed by atoms with van der Waals surface area (Å²) in [6.45, 7) is 0. The topological polar surface area (TPSA) is 64.7 Å². The van der Waals surface area contributed by atoms with Gasteiger partial charge in [-0.15, -0.1) is 0 Å². The number of aromatic nitrogens is 3. The largest absolute Gasteiger partial charge is 0.368 e. The summed E-state index contributed by atoms with van der Waals surface area (Å²) >= 11 is 0. The van der Waals surface area contributed by atoms with Crippen LogP contribution in [0.5, 0.6) is 0 Å². The summed E-state index contributed by atoms with van der Waals surface area (Å²) in [5.74, 6) is 0.756. The summed E-state index contributed by atoms with van der Waals surface area (Å²) in [6.07, 6.45) is 0. The molecule has 3 rings (SSSR count). The highest BCUT2D eigenvalue weighted by Gasteiger charge is 2.08. The second kappa shape index (κ2) is 5.05. The maximum absolute atomic E-state index is 12.9. The highest BCUT2D eigenvalue weighted by Crippen LogP contribution is 2.20. The molecule has 2 N–H and O–H groups in total. The van der Waals surface area contributed by atoms with E-state index in [0.29, 0.717) is 17.2 Å². The van der Waals surface area contributed by atoms with E-state index >= 15 is 0 Å². The number of hydrogen-bond donors (Lipinski definition) is 1. The molecule has 0 aliphatic heterocycles. The van der Waals surface area contributed by atoms with Crippen molar-refractivity contribution in [3.05, 3.63) is 60.4 Å². The SMILES string of the molecule is Nc1nc(-c2ccccc2)nc(-c2ccc(F)cc2)n1. The number of anilines is 1. The van der Waals surface area contributed by atoms with Crippen molar-refractivity contribution in [2.24, 2.45) is 0 Å². The first-order valence-corrected chi connectivity index (χ1v) is 6.05. The Hall–Kier alpha value is -2.82. The van der Waals surface area contributed by atoms with Crippen molar-refractivity contribution < 1.29 is 4.39 Å². The van der Waals surface area contributed by atoms with Crippen molar-refractivity contribution in [1.29, 1.82) is 0 Å². The van der Waals surface area contributed by atoms with E-state index in [1.54, 1.807) is 12.1 Å². The van der Waals surface area contributed by atoms with Crippen LogP contribution >= 0.6 is 0 Å². The molecule has 0 aliphatic rings. The number of nitrogen functional groups attached to an aromatic ring is 1. The molecule has 1 aromatic heterocycles. The third-order valence-electron chi connectivity index (χ3n) is 2.79. The summed E-state index contributed by atoms with van der Waals surface area (Å²) in [6, 6.07) is 15.4. The number of halogens is 1. The Morgan fingerprint density at radius 2 is 1.25 bits per heavy atom. The van der Waals surface area contributed by atoms with Crippen LogP contribution in [0.1, 0.15) is 0 Å². The van der Waals surface area contributed by atoms with Crippen LogP contribution in [0.25, 0.3) is 22.8 Å². The zero-order chi connectivity index (χ0) is 13.9. The zero-order valence-electron chi connectivity index (χ0n) is 10.5. The van der Waals surface area contributed by atoms with Crippen LogP contribution in [-0.2, 0) is 0 Å². The Bertz CT molecular complexity index is 727. The normalized spacial score (nSPS) is 10.4. The molecule has 20 heavy (non-hydrogen) atoms. The van der Waals surface area contributed by atoms with Crippen molar-refractivity contribution in [2.75, 3.05) is 5.73 Å². The molecule has 0 unspecified atom stereocenters. The van der Waals surface area contributed by atoms with E-state index in [9.17, 15) is 4.39 Å². The Morgan fingerprint density at radius 3 is 1.85 bits per heavy atom. The van der Waals surface area contributed by atoms with E-state index in [1.807, 2.05) is 30.3 Å². The van der Waals surface area contributed by atoms with Crippen LogP contribution in [0.15, 0.2) is 54.6 Å². The Labute approximate surface area is 115 Å². The maximum atomic E-state index is 12.9. The molecule has 0 atom stereocenters. The van der Waals surface area contributed by atoms with Gasteiger partial charge in [0.25, 0.3) is 0 Å². The molecule has 1 heterocycles. The van der Waals surface area contributed by atoms with Crippen LogP contribution < -0.4 is 5.73 Å². The Morgan fingerprint density at radius 1 is 0.700 bits per heavy atom. The molecular formula is C15H11FN4. The zero-order valence-corrected chi connectivity index (χ0v) is 10.5. The van der Waals surface area contributed by atoms with Gasteiger partial charge >= 0.3 is 0 Å². The maximum Gasteiger partial charge on any atom is 0.224 e. The highest BCUT2D eigenvalue weighted by atomic mass is 19.1. The van der Waals surface area contributed by atoms with Gasteiger partial charge in [-0.2, -0.15) is 9.97 Å². The van der Waals surface area contributed by atoms with Gasteiger partial charge in [0.1, 0.15) is 5.82 Å². The first-order valence-electron chi connectivity index (χ1n) is 6.05. The van der Waals surface area contributed by atoms with Gasteiger partial charge in [-0.25, -0.2) is 9.37 Å². The second-order valence-corrected chi connectivity index (χ2v) is 4.21. The monoisotopic (exact) mass is 266 g/mol. The van der Waals surface area contributed by atoms with Gasteiger partial charge < -0.3 is 5.73 Å². The molecule has 2 aromatic carbocycles. The molecule has 0 saturated heterocycles. The standard InChI is InChI=1S/C15H11FN4/c16-12-8-6-11(7-9-12)14-18-13(19-15(17)20-14)10-4-2-1-3-5-10/h1-9H,(H2,17,18,19,20). The average Bonchev–Trinajstić information content (AvgIpc) is 2.48. The fraction of sp³-hybridized carbons (Fsp3) is 0. The number of benzene rings is 2. The lowest BCUT2D eigenvalue weighted by Crippen LogP contribution is -2.02. The third-order valence-corrected chi connectivity index (χ3v) is 2.79. The molecular weight excluding hydrogens is 255 g/mol. The van der Waals surface area contributed by atoms with Crippen LogP contribution in [0, 0.1) is 5.82 Å².